The van der Waals surface area contributed by atoms with Gasteiger partial charge < -0.3 is 19.3 Å². The minimum Gasteiger partial charge on any atom is -0.491 e. The molecule has 2 aromatic rings. The van der Waals surface area contributed by atoms with Crippen LogP contribution in [0.3, 0.4) is 0 Å². The van der Waals surface area contributed by atoms with Crippen molar-refractivity contribution in [3.63, 3.8) is 0 Å². The lowest BCUT2D eigenvalue weighted by Crippen LogP contribution is -2.53. The molecule has 0 spiro atoms. The van der Waals surface area contributed by atoms with Gasteiger partial charge in [-0.2, -0.15) is 0 Å². The molecule has 4 atom stereocenters. The summed E-state index contributed by atoms with van der Waals surface area (Å²) in [7, 11) is 0. The topological polar surface area (TPSA) is 65.0 Å². The van der Waals surface area contributed by atoms with Crippen molar-refractivity contribution in [3.8, 4) is 11.5 Å². The van der Waals surface area contributed by atoms with Gasteiger partial charge in [0, 0.05) is 16.5 Å². The highest BCUT2D eigenvalue weighted by molar-refractivity contribution is 6.30. The Morgan fingerprint density at radius 2 is 1.91 bits per heavy atom. The van der Waals surface area contributed by atoms with E-state index in [1.165, 1.54) is 0 Å². The van der Waals surface area contributed by atoms with Gasteiger partial charge in [-0.15, -0.1) is 0 Å². The van der Waals surface area contributed by atoms with Gasteiger partial charge in [0.25, 0.3) is 0 Å². The number of carboxylic acids is 1. The smallest absolute Gasteiger partial charge is 0.309 e. The quantitative estimate of drug-likeness (QED) is 0.580. The summed E-state index contributed by atoms with van der Waals surface area (Å²) in [6, 6.07) is 11.3. The van der Waals surface area contributed by atoms with E-state index < -0.39 is 23.6 Å². The van der Waals surface area contributed by atoms with Crippen molar-refractivity contribution in [1.82, 2.24) is 0 Å². The molecule has 32 heavy (non-hydrogen) atoms. The summed E-state index contributed by atoms with van der Waals surface area (Å²) in [5, 5.41) is 10.6. The van der Waals surface area contributed by atoms with Gasteiger partial charge >= 0.3 is 5.97 Å². The lowest BCUT2D eigenvalue weighted by Gasteiger charge is -2.51. The Bertz CT molecular complexity index is 998. The van der Waals surface area contributed by atoms with Gasteiger partial charge in [0.15, 0.2) is 0 Å². The molecule has 2 aliphatic heterocycles. The lowest BCUT2D eigenvalue weighted by molar-refractivity contribution is -0.192. The van der Waals surface area contributed by atoms with Crippen LogP contribution in [-0.4, -0.2) is 29.4 Å². The molecule has 6 heteroatoms. The number of carbonyl (C=O) groups is 1. The maximum atomic E-state index is 12.2. The van der Waals surface area contributed by atoms with Crippen molar-refractivity contribution in [2.45, 2.75) is 64.8 Å². The highest BCUT2D eigenvalue weighted by atomic mass is 35.5. The molecule has 0 saturated carbocycles. The average Bonchev–Trinajstić information content (AvgIpc) is 2.72. The number of rotatable bonds is 5. The first-order chi connectivity index (χ1) is 15.1. The molecule has 1 saturated heterocycles. The molecule has 2 aromatic carbocycles. The molecule has 5 nitrogen and oxygen atoms in total. The number of ether oxygens (including phenoxy) is 3. The monoisotopic (exact) mass is 458 g/mol. The van der Waals surface area contributed by atoms with Crippen LogP contribution in [0, 0.1) is 18.8 Å². The van der Waals surface area contributed by atoms with Crippen LogP contribution in [0.15, 0.2) is 36.4 Å². The number of halogens is 1. The van der Waals surface area contributed by atoms with E-state index in [0.29, 0.717) is 23.1 Å². The summed E-state index contributed by atoms with van der Waals surface area (Å²) >= 11 is 5.96. The zero-order valence-electron chi connectivity index (χ0n) is 19.2. The highest BCUT2D eigenvalue weighted by Gasteiger charge is 2.53. The number of carboxylic acid groups (broad SMARTS) is 1. The van der Waals surface area contributed by atoms with E-state index in [1.807, 2.05) is 13.8 Å². The first-order valence-electron chi connectivity index (χ1n) is 11.2. The Kier molecular flexibility index (Phi) is 6.17. The molecule has 1 fully saturated rings. The molecule has 0 aliphatic carbocycles. The first kappa shape index (κ1) is 22.9. The van der Waals surface area contributed by atoms with Gasteiger partial charge in [-0.05, 0) is 68.5 Å². The van der Waals surface area contributed by atoms with Gasteiger partial charge in [-0.25, -0.2) is 0 Å². The van der Waals surface area contributed by atoms with E-state index in [2.05, 4.69) is 32.9 Å². The fourth-order valence-electron chi connectivity index (χ4n) is 4.94. The van der Waals surface area contributed by atoms with Crippen molar-refractivity contribution in [1.29, 1.82) is 0 Å². The van der Waals surface area contributed by atoms with E-state index in [4.69, 9.17) is 25.8 Å². The molecule has 0 aromatic heterocycles. The number of fused-ring (bicyclic) bond motifs is 3. The molecule has 0 amide bonds. The Morgan fingerprint density at radius 1 is 1.22 bits per heavy atom. The van der Waals surface area contributed by atoms with Gasteiger partial charge in [0.1, 0.15) is 29.8 Å². The van der Waals surface area contributed by atoms with Crippen molar-refractivity contribution < 1.29 is 24.1 Å². The van der Waals surface area contributed by atoms with Crippen LogP contribution < -0.4 is 9.47 Å². The molecule has 2 heterocycles. The lowest BCUT2D eigenvalue weighted by atomic mass is 9.70. The Morgan fingerprint density at radius 3 is 2.53 bits per heavy atom. The molecule has 1 N–H and O–H groups in total. The standard InChI is InChI=1S/C26H31ClO5/c1-14(2)18-11-6-15(3)22-23(18)32-26(4,5)20-12-19(25(28)29)21(31-24(20)22)13-30-17-9-7-16(27)8-10-17/h6-11,14,19-21,24H,12-13H2,1-5H3,(H,28,29)/t19-,20+,21+,24+/m1/s1. The minimum atomic E-state index is -0.873. The first-order valence-corrected chi connectivity index (χ1v) is 11.5. The van der Waals surface area contributed by atoms with Gasteiger partial charge in [0.05, 0.1) is 12.0 Å². The third kappa shape index (κ3) is 4.20. The van der Waals surface area contributed by atoms with Crippen LogP contribution in [-0.2, 0) is 9.53 Å². The Hall–Kier alpha value is -2.24. The fourth-order valence-corrected chi connectivity index (χ4v) is 5.07. The van der Waals surface area contributed by atoms with Crippen LogP contribution >= 0.6 is 11.6 Å². The molecule has 172 valence electrons. The normalized spacial score (nSPS) is 26.1. The second-order valence-corrected chi connectivity index (χ2v) is 10.2. The van der Waals surface area contributed by atoms with Crippen LogP contribution in [0.5, 0.6) is 11.5 Å². The number of hydrogen-bond donors (Lipinski definition) is 1. The van der Waals surface area contributed by atoms with Gasteiger partial charge in [-0.3, -0.25) is 4.79 Å². The Labute approximate surface area is 194 Å². The summed E-state index contributed by atoms with van der Waals surface area (Å²) in [6.07, 6.45) is -0.359. The summed E-state index contributed by atoms with van der Waals surface area (Å²) in [6.45, 7) is 10.6. The zero-order chi connectivity index (χ0) is 23.2. The number of aliphatic carboxylic acids is 1. The van der Waals surface area contributed by atoms with E-state index in [9.17, 15) is 9.90 Å². The van der Waals surface area contributed by atoms with Crippen LogP contribution in [0.1, 0.15) is 62.8 Å². The van der Waals surface area contributed by atoms with E-state index in [1.54, 1.807) is 24.3 Å². The highest BCUT2D eigenvalue weighted by Crippen LogP contribution is 2.54. The van der Waals surface area contributed by atoms with E-state index >= 15 is 0 Å². The summed E-state index contributed by atoms with van der Waals surface area (Å²) in [4.78, 5) is 12.2. The largest absolute Gasteiger partial charge is 0.491 e. The van der Waals surface area contributed by atoms with Crippen molar-refractivity contribution >= 4 is 17.6 Å². The number of benzene rings is 2. The van der Waals surface area contributed by atoms with Crippen molar-refractivity contribution in [2.75, 3.05) is 6.61 Å². The molecular weight excluding hydrogens is 428 g/mol. The SMILES string of the molecule is Cc1ccc(C(C)C)c2c1[C@H]1O[C@@H](COc3ccc(Cl)cc3)[C@H](C(=O)O)C[C@@H]1C(C)(C)O2. The molecule has 2 aliphatic rings. The van der Waals surface area contributed by atoms with Crippen LogP contribution in [0.4, 0.5) is 0 Å². The number of aryl methyl sites for hydroxylation is 1. The van der Waals surface area contributed by atoms with E-state index in [0.717, 1.165) is 22.4 Å². The van der Waals surface area contributed by atoms with Crippen molar-refractivity contribution in [3.05, 3.63) is 58.1 Å². The van der Waals surface area contributed by atoms with Crippen LogP contribution in [0.2, 0.25) is 5.02 Å². The zero-order valence-corrected chi connectivity index (χ0v) is 20.0. The molecular formula is C26H31ClO5. The molecule has 0 bridgehead atoms. The number of hydrogen-bond acceptors (Lipinski definition) is 4. The van der Waals surface area contributed by atoms with Gasteiger partial charge in [0.2, 0.25) is 0 Å². The Balaban J connectivity index is 1.69. The van der Waals surface area contributed by atoms with Gasteiger partial charge in [-0.1, -0.05) is 37.6 Å². The van der Waals surface area contributed by atoms with Crippen molar-refractivity contribution in [2.24, 2.45) is 11.8 Å². The van der Waals surface area contributed by atoms with Crippen LogP contribution in [0.25, 0.3) is 0 Å². The molecule has 0 radical (unpaired) electrons. The predicted octanol–water partition coefficient (Wildman–Crippen LogP) is 6.17. The second-order valence-electron chi connectivity index (χ2n) is 9.72. The molecule has 4 rings (SSSR count). The maximum absolute atomic E-state index is 12.2. The molecule has 0 unspecified atom stereocenters. The maximum Gasteiger partial charge on any atom is 0.309 e. The average molecular weight is 459 g/mol. The third-order valence-electron chi connectivity index (χ3n) is 6.80. The summed E-state index contributed by atoms with van der Waals surface area (Å²) in [5.74, 6) is 0.191. The summed E-state index contributed by atoms with van der Waals surface area (Å²) < 4.78 is 19.0. The minimum absolute atomic E-state index is 0.0796. The predicted molar refractivity (Wildman–Crippen MR) is 124 cm³/mol. The van der Waals surface area contributed by atoms with E-state index in [-0.39, 0.29) is 18.6 Å². The summed E-state index contributed by atoms with van der Waals surface area (Å²) in [5.41, 5.74) is 2.74. The third-order valence-corrected chi connectivity index (χ3v) is 7.05. The second kappa shape index (κ2) is 8.60. The fraction of sp³-hybridized carbons (Fsp3) is 0.500.